The van der Waals surface area contributed by atoms with Crippen molar-refractivity contribution in [2.75, 3.05) is 0 Å². The number of azide groups is 1. The number of rotatable bonds is 2. The lowest BCUT2D eigenvalue weighted by molar-refractivity contribution is 1.37. The van der Waals surface area contributed by atoms with Gasteiger partial charge in [0.15, 0.2) is 0 Å². The molecule has 0 aliphatic rings. The van der Waals surface area contributed by atoms with Crippen molar-refractivity contribution in [1.82, 2.24) is 0 Å². The molecule has 0 bridgehead atoms. The Morgan fingerprint density at radius 2 is 1.55 bits per heavy atom. The van der Waals surface area contributed by atoms with Gasteiger partial charge in [0.1, 0.15) is 5.84 Å². The predicted octanol–water partition coefficient (Wildman–Crippen LogP) is 3.39. The number of nitrogens with two attached hydrogens (primary N) is 1. The Balaban J connectivity index is 2.35. The first kappa shape index (κ1) is 13.3. The summed E-state index contributed by atoms with van der Waals surface area (Å²) >= 11 is 0. The standard InChI is InChI=1S/C14H12N6/c15-13(11-7-3-1-4-8-11)18-14(19-20-16)17-12-9-5-2-6-10-12/h1-10H,(H2,15,17,18). The maximum Gasteiger partial charge on any atom is 0.218 e. The Hall–Kier alpha value is -3.11. The summed E-state index contributed by atoms with van der Waals surface area (Å²) in [7, 11) is 0. The predicted molar refractivity (Wildman–Crippen MR) is 79.8 cm³/mol. The van der Waals surface area contributed by atoms with Crippen molar-refractivity contribution in [2.45, 2.75) is 0 Å². The Labute approximate surface area is 115 Å². The number of nitrogens with zero attached hydrogens (tertiary/aromatic N) is 5. The number of benzene rings is 2. The third kappa shape index (κ3) is 3.69. The molecule has 0 aromatic heterocycles. The fourth-order valence-electron chi connectivity index (χ4n) is 1.51. The van der Waals surface area contributed by atoms with Crippen LogP contribution in [0.5, 0.6) is 0 Å². The quantitative estimate of drug-likeness (QED) is 0.290. The maximum atomic E-state index is 8.57. The van der Waals surface area contributed by atoms with Gasteiger partial charge >= 0.3 is 0 Å². The van der Waals surface area contributed by atoms with Gasteiger partial charge in [-0.15, -0.1) is 0 Å². The summed E-state index contributed by atoms with van der Waals surface area (Å²) in [6.07, 6.45) is 0. The van der Waals surface area contributed by atoms with Crippen molar-refractivity contribution in [2.24, 2.45) is 20.8 Å². The second kappa shape index (κ2) is 6.72. The molecule has 0 radical (unpaired) electrons. The number of hydrogen-bond donors (Lipinski definition) is 1. The van der Waals surface area contributed by atoms with Gasteiger partial charge in [0, 0.05) is 10.5 Å². The van der Waals surface area contributed by atoms with Gasteiger partial charge in [0.2, 0.25) is 5.96 Å². The van der Waals surface area contributed by atoms with Gasteiger partial charge in [0.25, 0.3) is 0 Å². The van der Waals surface area contributed by atoms with E-state index in [0.29, 0.717) is 5.69 Å². The van der Waals surface area contributed by atoms with Crippen LogP contribution in [0.3, 0.4) is 0 Å². The van der Waals surface area contributed by atoms with E-state index < -0.39 is 0 Å². The topological polar surface area (TPSA) is 99.5 Å². The highest BCUT2D eigenvalue weighted by Gasteiger charge is 2.00. The van der Waals surface area contributed by atoms with Crippen LogP contribution in [0.2, 0.25) is 0 Å². The normalized spacial score (nSPS) is 11.8. The highest BCUT2D eigenvalue weighted by molar-refractivity contribution is 6.05. The van der Waals surface area contributed by atoms with Crippen molar-refractivity contribution in [1.29, 1.82) is 0 Å². The van der Waals surface area contributed by atoms with Crippen LogP contribution in [0.1, 0.15) is 5.56 Å². The molecule has 0 unspecified atom stereocenters. The number of aliphatic imine (C=N–C) groups is 2. The zero-order chi connectivity index (χ0) is 14.2. The van der Waals surface area contributed by atoms with E-state index in [9.17, 15) is 0 Å². The molecule has 2 N–H and O–H groups in total. The Kier molecular flexibility index (Phi) is 4.48. The summed E-state index contributed by atoms with van der Waals surface area (Å²) in [5, 5.41) is 3.45. The zero-order valence-electron chi connectivity index (χ0n) is 10.6. The largest absolute Gasteiger partial charge is 0.383 e. The van der Waals surface area contributed by atoms with Crippen molar-refractivity contribution in [3.8, 4) is 0 Å². The minimum Gasteiger partial charge on any atom is -0.383 e. The summed E-state index contributed by atoms with van der Waals surface area (Å²) in [4.78, 5) is 10.9. The highest BCUT2D eigenvalue weighted by Crippen LogP contribution is 2.11. The molecular formula is C14H12N6. The molecule has 2 rings (SSSR count). The number of hydrogen-bond acceptors (Lipinski definition) is 1. The van der Waals surface area contributed by atoms with Crippen LogP contribution in [-0.4, -0.2) is 11.8 Å². The molecule has 0 saturated carbocycles. The van der Waals surface area contributed by atoms with E-state index in [1.165, 1.54) is 0 Å². The fraction of sp³-hybridized carbons (Fsp3) is 0. The molecule has 2 aromatic rings. The SMILES string of the molecule is [N-]=[N+]=NC(=Nc1ccccc1)/N=C(\N)c1ccccc1. The molecule has 98 valence electrons. The molecule has 0 atom stereocenters. The summed E-state index contributed by atoms with van der Waals surface area (Å²) in [6, 6.07) is 18.3. The smallest absolute Gasteiger partial charge is 0.218 e. The van der Waals surface area contributed by atoms with Crippen LogP contribution in [0, 0.1) is 0 Å². The molecule has 6 nitrogen and oxygen atoms in total. The summed E-state index contributed by atoms with van der Waals surface area (Å²) in [5.74, 6) is 0.215. The Bertz CT molecular complexity index is 669. The van der Waals surface area contributed by atoms with Crippen LogP contribution in [0.4, 0.5) is 5.69 Å². The first-order chi connectivity index (χ1) is 9.79. The van der Waals surface area contributed by atoms with Crippen LogP contribution in [0.15, 0.2) is 75.8 Å². The van der Waals surface area contributed by atoms with Crippen molar-refractivity contribution >= 4 is 17.5 Å². The average Bonchev–Trinajstić information content (AvgIpc) is 2.49. The van der Waals surface area contributed by atoms with E-state index >= 15 is 0 Å². The molecule has 20 heavy (non-hydrogen) atoms. The molecule has 2 aromatic carbocycles. The summed E-state index contributed by atoms with van der Waals surface area (Å²) < 4.78 is 0. The van der Waals surface area contributed by atoms with E-state index in [1.807, 2.05) is 48.5 Å². The van der Waals surface area contributed by atoms with Crippen LogP contribution < -0.4 is 5.73 Å². The van der Waals surface area contributed by atoms with Crippen molar-refractivity contribution in [3.63, 3.8) is 0 Å². The van der Waals surface area contributed by atoms with E-state index in [-0.39, 0.29) is 11.8 Å². The molecule has 6 heteroatoms. The van der Waals surface area contributed by atoms with Gasteiger partial charge in [0.05, 0.1) is 5.69 Å². The van der Waals surface area contributed by atoms with Crippen LogP contribution in [0.25, 0.3) is 10.4 Å². The van der Waals surface area contributed by atoms with Crippen molar-refractivity contribution < 1.29 is 0 Å². The average molecular weight is 264 g/mol. The maximum absolute atomic E-state index is 8.57. The minimum atomic E-state index is -0.0277. The summed E-state index contributed by atoms with van der Waals surface area (Å²) in [5.41, 5.74) is 15.8. The van der Waals surface area contributed by atoms with E-state index in [1.54, 1.807) is 12.1 Å². The molecule has 0 spiro atoms. The van der Waals surface area contributed by atoms with Gasteiger partial charge in [-0.05, 0) is 22.8 Å². The molecule has 0 aliphatic heterocycles. The second-order valence-corrected chi connectivity index (χ2v) is 3.80. The van der Waals surface area contributed by atoms with Crippen LogP contribution in [-0.2, 0) is 0 Å². The third-order valence-corrected chi connectivity index (χ3v) is 2.41. The number of guanidine groups is 1. The number of amidine groups is 1. The first-order valence-electron chi connectivity index (χ1n) is 5.88. The monoisotopic (exact) mass is 264 g/mol. The van der Waals surface area contributed by atoms with Gasteiger partial charge < -0.3 is 5.73 Å². The minimum absolute atomic E-state index is 0.0277. The van der Waals surface area contributed by atoms with Crippen molar-refractivity contribution in [3.05, 3.63) is 76.7 Å². The molecule has 0 amide bonds. The fourth-order valence-corrected chi connectivity index (χ4v) is 1.51. The number of para-hydroxylation sites is 1. The molecule has 0 aliphatic carbocycles. The third-order valence-electron chi connectivity index (χ3n) is 2.41. The molecule has 0 heterocycles. The highest BCUT2D eigenvalue weighted by atomic mass is 15.2. The van der Waals surface area contributed by atoms with Crippen LogP contribution >= 0.6 is 0 Å². The van der Waals surface area contributed by atoms with E-state index in [0.717, 1.165) is 5.56 Å². The lowest BCUT2D eigenvalue weighted by Crippen LogP contribution is -2.14. The summed E-state index contributed by atoms with van der Waals surface area (Å²) in [6.45, 7) is 0. The first-order valence-corrected chi connectivity index (χ1v) is 5.88. The van der Waals surface area contributed by atoms with Gasteiger partial charge in [-0.2, -0.15) is 0 Å². The second-order valence-electron chi connectivity index (χ2n) is 3.80. The molecule has 0 saturated heterocycles. The Morgan fingerprint density at radius 3 is 2.15 bits per heavy atom. The zero-order valence-corrected chi connectivity index (χ0v) is 10.6. The van der Waals surface area contributed by atoms with Gasteiger partial charge in [-0.1, -0.05) is 48.5 Å². The van der Waals surface area contributed by atoms with E-state index in [2.05, 4.69) is 20.0 Å². The van der Waals surface area contributed by atoms with E-state index in [4.69, 9.17) is 11.3 Å². The van der Waals surface area contributed by atoms with Gasteiger partial charge in [-0.25, -0.2) is 9.98 Å². The van der Waals surface area contributed by atoms with Gasteiger partial charge in [-0.3, -0.25) is 0 Å². The Morgan fingerprint density at radius 1 is 0.950 bits per heavy atom. The lowest BCUT2D eigenvalue weighted by Gasteiger charge is -2.00. The molecule has 0 fully saturated rings. The lowest BCUT2D eigenvalue weighted by atomic mass is 10.2. The molecular weight excluding hydrogens is 252 g/mol.